The van der Waals surface area contributed by atoms with E-state index in [4.69, 9.17) is 9.47 Å². The number of aryl methyl sites for hydroxylation is 1. The predicted molar refractivity (Wildman–Crippen MR) is 83.7 cm³/mol. The van der Waals surface area contributed by atoms with E-state index in [2.05, 4.69) is 11.8 Å². The minimum absolute atomic E-state index is 0.275. The number of ketones is 1. The Labute approximate surface area is 131 Å². The molecule has 0 radical (unpaired) electrons. The van der Waals surface area contributed by atoms with E-state index in [9.17, 15) is 9.90 Å². The molecule has 0 spiro atoms. The molecule has 1 aromatic carbocycles. The molecule has 4 heteroatoms. The zero-order valence-electron chi connectivity index (χ0n) is 12.9. The quantitative estimate of drug-likeness (QED) is 0.490. The largest absolute Gasteiger partial charge is 0.379 e. The van der Waals surface area contributed by atoms with E-state index in [-0.39, 0.29) is 5.78 Å². The SMILES string of the molecule is Cc1ccc(C(=O)C#CC2(O)CCCOCCOCC2)cc1. The Balaban J connectivity index is 2.05. The second-order valence-corrected chi connectivity index (χ2v) is 5.56. The van der Waals surface area contributed by atoms with Crippen LogP contribution in [0.1, 0.15) is 35.2 Å². The van der Waals surface area contributed by atoms with Crippen LogP contribution < -0.4 is 0 Å². The normalized spacial score (nSPS) is 23.2. The number of Topliss-reactive ketones (excluding diaryl/α,β-unsaturated/α-hetero) is 1. The number of rotatable bonds is 1. The topological polar surface area (TPSA) is 55.8 Å². The summed E-state index contributed by atoms with van der Waals surface area (Å²) in [5.41, 5.74) is 0.440. The fraction of sp³-hybridized carbons (Fsp3) is 0.500. The van der Waals surface area contributed by atoms with E-state index >= 15 is 0 Å². The molecule has 0 saturated carbocycles. The summed E-state index contributed by atoms with van der Waals surface area (Å²) in [6.45, 7) is 4.04. The van der Waals surface area contributed by atoms with Gasteiger partial charge in [-0.1, -0.05) is 35.7 Å². The van der Waals surface area contributed by atoms with E-state index < -0.39 is 5.60 Å². The van der Waals surface area contributed by atoms with Crippen LogP contribution in [0.5, 0.6) is 0 Å². The highest BCUT2D eigenvalue weighted by Crippen LogP contribution is 2.18. The van der Waals surface area contributed by atoms with Crippen LogP contribution in [0.15, 0.2) is 24.3 Å². The van der Waals surface area contributed by atoms with Gasteiger partial charge in [0.15, 0.2) is 0 Å². The average molecular weight is 302 g/mol. The third kappa shape index (κ3) is 5.27. The molecule has 0 bridgehead atoms. The van der Waals surface area contributed by atoms with E-state index in [0.717, 1.165) is 5.56 Å². The molecule has 4 nitrogen and oxygen atoms in total. The van der Waals surface area contributed by atoms with Gasteiger partial charge in [0, 0.05) is 18.6 Å². The van der Waals surface area contributed by atoms with Gasteiger partial charge in [-0.2, -0.15) is 0 Å². The molecule has 0 amide bonds. The highest BCUT2D eigenvalue weighted by Gasteiger charge is 2.24. The summed E-state index contributed by atoms with van der Waals surface area (Å²) >= 11 is 0. The van der Waals surface area contributed by atoms with Crippen molar-refractivity contribution in [2.75, 3.05) is 26.4 Å². The van der Waals surface area contributed by atoms with Crippen molar-refractivity contribution < 1.29 is 19.4 Å². The van der Waals surface area contributed by atoms with Crippen LogP contribution in [-0.2, 0) is 9.47 Å². The van der Waals surface area contributed by atoms with E-state index in [1.54, 1.807) is 12.1 Å². The summed E-state index contributed by atoms with van der Waals surface area (Å²) in [4.78, 5) is 12.1. The Morgan fingerprint density at radius 2 is 1.77 bits per heavy atom. The van der Waals surface area contributed by atoms with Crippen LogP contribution in [0, 0.1) is 18.8 Å². The molecule has 1 fully saturated rings. The van der Waals surface area contributed by atoms with Crippen molar-refractivity contribution in [1.29, 1.82) is 0 Å². The van der Waals surface area contributed by atoms with Gasteiger partial charge in [-0.3, -0.25) is 4.79 Å². The number of hydrogen-bond donors (Lipinski definition) is 1. The van der Waals surface area contributed by atoms with Crippen LogP contribution in [0.2, 0.25) is 0 Å². The van der Waals surface area contributed by atoms with Gasteiger partial charge in [0.25, 0.3) is 0 Å². The summed E-state index contributed by atoms with van der Waals surface area (Å²) < 4.78 is 10.7. The summed E-state index contributed by atoms with van der Waals surface area (Å²) in [5.74, 6) is 5.05. The first-order valence-electron chi connectivity index (χ1n) is 7.61. The minimum atomic E-state index is -1.19. The molecule has 1 saturated heterocycles. The predicted octanol–water partition coefficient (Wildman–Crippen LogP) is 2.13. The van der Waals surface area contributed by atoms with Crippen LogP contribution in [0.4, 0.5) is 0 Å². The van der Waals surface area contributed by atoms with Crippen molar-refractivity contribution >= 4 is 5.78 Å². The zero-order valence-corrected chi connectivity index (χ0v) is 12.9. The lowest BCUT2D eigenvalue weighted by atomic mass is 9.94. The third-order valence-electron chi connectivity index (χ3n) is 3.63. The van der Waals surface area contributed by atoms with Gasteiger partial charge < -0.3 is 14.6 Å². The van der Waals surface area contributed by atoms with E-state index in [1.165, 1.54) is 0 Å². The van der Waals surface area contributed by atoms with Gasteiger partial charge in [-0.15, -0.1) is 0 Å². The second kappa shape index (κ2) is 8.09. The van der Waals surface area contributed by atoms with Crippen molar-refractivity contribution in [3.8, 4) is 11.8 Å². The highest BCUT2D eigenvalue weighted by molar-refractivity contribution is 6.09. The van der Waals surface area contributed by atoms with Crippen LogP contribution in [-0.4, -0.2) is 42.9 Å². The number of hydrogen-bond acceptors (Lipinski definition) is 4. The fourth-order valence-corrected chi connectivity index (χ4v) is 2.23. The van der Waals surface area contributed by atoms with Gasteiger partial charge in [-0.05, 0) is 25.7 Å². The third-order valence-corrected chi connectivity index (χ3v) is 3.63. The molecule has 1 unspecified atom stereocenters. The molecule has 1 aliphatic heterocycles. The van der Waals surface area contributed by atoms with Crippen LogP contribution >= 0.6 is 0 Å². The van der Waals surface area contributed by atoms with Gasteiger partial charge >= 0.3 is 0 Å². The van der Waals surface area contributed by atoms with Crippen molar-refractivity contribution in [1.82, 2.24) is 0 Å². The molecule has 0 aromatic heterocycles. The molecular weight excluding hydrogens is 280 g/mol. The molecule has 1 atom stereocenters. The summed E-state index contributed by atoms with van der Waals surface area (Å²) in [5, 5.41) is 10.6. The maximum Gasteiger partial charge on any atom is 0.235 e. The first-order valence-corrected chi connectivity index (χ1v) is 7.61. The Morgan fingerprint density at radius 3 is 2.50 bits per heavy atom. The smallest absolute Gasteiger partial charge is 0.235 e. The minimum Gasteiger partial charge on any atom is -0.379 e. The Morgan fingerprint density at radius 1 is 1.09 bits per heavy atom. The fourth-order valence-electron chi connectivity index (χ4n) is 2.23. The molecule has 0 aliphatic carbocycles. The maximum atomic E-state index is 12.1. The maximum absolute atomic E-state index is 12.1. The summed E-state index contributed by atoms with van der Waals surface area (Å²) in [6, 6.07) is 7.25. The Bertz CT molecular complexity index is 541. The number of aliphatic hydroxyl groups is 1. The van der Waals surface area contributed by atoms with Crippen molar-refractivity contribution in [2.24, 2.45) is 0 Å². The summed E-state index contributed by atoms with van der Waals surface area (Å²) in [7, 11) is 0. The van der Waals surface area contributed by atoms with Crippen molar-refractivity contribution in [3.05, 3.63) is 35.4 Å². The van der Waals surface area contributed by atoms with E-state index in [0.29, 0.717) is 51.3 Å². The van der Waals surface area contributed by atoms with Crippen molar-refractivity contribution in [3.63, 3.8) is 0 Å². The lowest BCUT2D eigenvalue weighted by Crippen LogP contribution is -2.30. The average Bonchev–Trinajstić information content (AvgIpc) is 2.52. The van der Waals surface area contributed by atoms with Gasteiger partial charge in [0.05, 0.1) is 19.8 Å². The number of carbonyl (C=O) groups excluding carboxylic acids is 1. The summed E-state index contributed by atoms with van der Waals surface area (Å²) in [6.07, 6.45) is 1.59. The second-order valence-electron chi connectivity index (χ2n) is 5.56. The van der Waals surface area contributed by atoms with Gasteiger partial charge in [0.1, 0.15) is 5.60 Å². The monoisotopic (exact) mass is 302 g/mol. The highest BCUT2D eigenvalue weighted by atomic mass is 16.5. The molecule has 1 heterocycles. The Kier molecular flexibility index (Phi) is 6.14. The molecule has 22 heavy (non-hydrogen) atoms. The number of ether oxygens (including phenoxy) is 2. The lowest BCUT2D eigenvalue weighted by molar-refractivity contribution is -0.00904. The first kappa shape index (κ1) is 16.7. The number of carbonyl (C=O) groups is 1. The van der Waals surface area contributed by atoms with Crippen LogP contribution in [0.3, 0.4) is 0 Å². The first-order chi connectivity index (χ1) is 10.6. The molecule has 2 rings (SSSR count). The number of benzene rings is 1. The molecule has 1 N–H and O–H groups in total. The Hall–Kier alpha value is -1.67. The molecule has 1 aromatic rings. The molecule has 118 valence electrons. The van der Waals surface area contributed by atoms with Gasteiger partial charge in [-0.25, -0.2) is 0 Å². The van der Waals surface area contributed by atoms with Gasteiger partial charge in [0.2, 0.25) is 5.78 Å². The van der Waals surface area contributed by atoms with Crippen molar-refractivity contribution in [2.45, 2.75) is 31.8 Å². The zero-order chi connectivity index (χ0) is 15.8. The standard InChI is InChI=1S/C18H22O4/c1-15-3-5-16(6-4-15)17(19)7-9-18(20)8-2-11-21-13-14-22-12-10-18/h3-6,20H,2,8,10-14H2,1H3. The lowest BCUT2D eigenvalue weighted by Gasteiger charge is -2.23. The molecule has 1 aliphatic rings. The van der Waals surface area contributed by atoms with Crippen LogP contribution in [0.25, 0.3) is 0 Å². The van der Waals surface area contributed by atoms with E-state index in [1.807, 2.05) is 19.1 Å². The molecular formula is C18H22O4.